The predicted molar refractivity (Wildman–Crippen MR) is 101 cm³/mol. The molecule has 1 fully saturated rings. The van der Waals surface area contributed by atoms with Crippen LogP contribution < -0.4 is 10.3 Å². The van der Waals surface area contributed by atoms with E-state index in [1.807, 2.05) is 0 Å². The van der Waals surface area contributed by atoms with Crippen molar-refractivity contribution in [3.05, 3.63) is 78.7 Å². The van der Waals surface area contributed by atoms with Crippen molar-refractivity contribution in [2.75, 3.05) is 0 Å². The minimum atomic E-state index is -0.847. The Bertz CT molecular complexity index is 1170. The molecule has 1 aliphatic rings. The second-order valence-corrected chi connectivity index (χ2v) is 8.18. The molecule has 1 saturated heterocycles. The molecule has 5 rings (SSSR count). The fraction of sp³-hybridized carbons (Fsp3) is 0.0588. The van der Waals surface area contributed by atoms with E-state index >= 15 is 0 Å². The Balaban J connectivity index is 1.38. The van der Waals surface area contributed by atoms with E-state index in [4.69, 9.17) is 0 Å². The molecule has 12 heteroatoms. The van der Waals surface area contributed by atoms with Gasteiger partial charge in [-0.3, -0.25) is 4.79 Å². The molecule has 29 heavy (non-hydrogen) atoms. The second-order valence-electron chi connectivity index (χ2n) is 6.41. The van der Waals surface area contributed by atoms with Gasteiger partial charge in [-0.05, 0) is 30.3 Å². The average molecular weight is 407 g/mol. The molecule has 1 unspecified atom stereocenters. The zero-order valence-corrected chi connectivity index (χ0v) is 16.3. The van der Waals surface area contributed by atoms with Crippen LogP contribution in [0.1, 0.15) is 16.2 Å². The van der Waals surface area contributed by atoms with Crippen molar-refractivity contribution in [1.29, 1.82) is 0 Å². The lowest BCUT2D eigenvalue weighted by atomic mass is 10.3. The molecule has 0 aliphatic carbocycles. The summed E-state index contributed by atoms with van der Waals surface area (Å²) >= 11 is 0. The smallest absolute Gasteiger partial charge is 0.256 e. The van der Waals surface area contributed by atoms with Gasteiger partial charge in [0.15, 0.2) is 5.82 Å². The molecule has 0 spiro atoms. The fourth-order valence-electron chi connectivity index (χ4n) is 2.91. The number of carbonyl (C=O) groups is 1. The number of benzene rings is 1. The first-order valence-corrected chi connectivity index (χ1v) is 10.1. The molecule has 1 amide bonds. The second kappa shape index (κ2) is 6.68. The van der Waals surface area contributed by atoms with Crippen molar-refractivity contribution >= 4 is 15.6 Å². The lowest BCUT2D eigenvalue weighted by molar-refractivity contribution is 0.0931. The van der Waals surface area contributed by atoms with Gasteiger partial charge in [0.2, 0.25) is 0 Å². The molecule has 1 aliphatic heterocycles. The van der Waals surface area contributed by atoms with Crippen LogP contribution in [0, 0.1) is 5.82 Å². The Morgan fingerprint density at radius 1 is 1.14 bits per heavy atom. The van der Waals surface area contributed by atoms with Crippen molar-refractivity contribution in [3.63, 3.8) is 0 Å². The van der Waals surface area contributed by atoms with E-state index in [1.165, 1.54) is 34.0 Å². The molecular weight excluding hydrogens is 393 g/mol. The lowest BCUT2D eigenvalue weighted by Crippen LogP contribution is -2.41. The number of aromatic nitrogens is 7. The Labute approximate surface area is 165 Å². The number of nitrogens with zero attached hydrogens (tertiary/aromatic N) is 7. The summed E-state index contributed by atoms with van der Waals surface area (Å²) in [5, 5.41) is 10.6. The minimum Gasteiger partial charge on any atom is -0.330 e. The van der Waals surface area contributed by atoms with Crippen LogP contribution in [0.4, 0.5) is 4.39 Å². The van der Waals surface area contributed by atoms with Crippen molar-refractivity contribution in [2.45, 2.75) is 5.29 Å². The van der Waals surface area contributed by atoms with Crippen LogP contribution in [-0.4, -0.2) is 50.1 Å². The maximum atomic E-state index is 13.1. The first-order valence-electron chi connectivity index (χ1n) is 8.71. The zero-order chi connectivity index (χ0) is 19.8. The van der Waals surface area contributed by atoms with E-state index in [0.29, 0.717) is 23.0 Å². The number of nitrogens with one attached hydrogen (secondary N) is 2. The van der Waals surface area contributed by atoms with Crippen molar-refractivity contribution in [3.8, 4) is 11.6 Å². The maximum Gasteiger partial charge on any atom is 0.256 e. The summed E-state index contributed by atoms with van der Waals surface area (Å²) in [5.74, 6) is 0.270. The highest BCUT2D eigenvalue weighted by molar-refractivity contribution is 6.49. The van der Waals surface area contributed by atoms with Crippen LogP contribution in [0.3, 0.4) is 0 Å². The molecule has 4 heterocycles. The third-order valence-electron chi connectivity index (χ3n) is 4.46. The predicted octanol–water partition coefficient (Wildman–Crippen LogP) is -0.391. The van der Waals surface area contributed by atoms with Gasteiger partial charge in [-0.1, -0.05) is 0 Å². The molecule has 10 nitrogen and oxygen atoms in total. The van der Waals surface area contributed by atoms with Crippen LogP contribution in [-0.2, 0) is 5.29 Å². The van der Waals surface area contributed by atoms with Gasteiger partial charge in [-0.15, -0.1) is 0 Å². The summed E-state index contributed by atoms with van der Waals surface area (Å²) < 4.78 is 16.1. The molecule has 1 atom stereocenters. The van der Waals surface area contributed by atoms with E-state index in [0.717, 1.165) is 0 Å². The Kier molecular flexibility index (Phi) is 3.99. The van der Waals surface area contributed by atoms with Gasteiger partial charge in [0, 0.05) is 18.6 Å². The first-order chi connectivity index (χ1) is 14.1. The first kappa shape index (κ1) is 17.3. The van der Waals surface area contributed by atoms with E-state index in [1.54, 1.807) is 36.8 Å². The third-order valence-corrected chi connectivity index (χ3v) is 6.02. The maximum absolute atomic E-state index is 13.1. The topological polar surface area (TPSA) is 125 Å². The third kappa shape index (κ3) is 3.19. The molecular formula is C17H14FN9OSi. The van der Waals surface area contributed by atoms with Crippen molar-refractivity contribution in [2.24, 2.45) is 0 Å². The van der Waals surface area contributed by atoms with E-state index in [2.05, 4.69) is 35.4 Å². The number of carbonyl (C=O) groups excluding carboxylic acids is 1. The summed E-state index contributed by atoms with van der Waals surface area (Å²) in [6, 6.07) is 7.56. The van der Waals surface area contributed by atoms with Gasteiger partial charge in [0.25, 0.3) is 11.9 Å². The Morgan fingerprint density at radius 3 is 2.62 bits per heavy atom. The zero-order valence-electron chi connectivity index (χ0n) is 14.9. The lowest BCUT2D eigenvalue weighted by Gasteiger charge is -2.15. The molecule has 144 valence electrons. The molecule has 1 aromatic carbocycles. The number of hydrogen-bond donors (Lipinski definition) is 2. The van der Waals surface area contributed by atoms with Gasteiger partial charge in [0.05, 0.1) is 17.4 Å². The van der Waals surface area contributed by atoms with Gasteiger partial charge in [0.1, 0.15) is 27.1 Å². The van der Waals surface area contributed by atoms with E-state index in [9.17, 15) is 9.18 Å². The molecule has 4 aromatic rings. The summed E-state index contributed by atoms with van der Waals surface area (Å²) in [4.78, 5) is 28.8. The summed E-state index contributed by atoms with van der Waals surface area (Å²) in [7, 11) is -0.847. The molecule has 2 N–H and O–H groups in total. The van der Waals surface area contributed by atoms with Crippen molar-refractivity contribution in [1.82, 2.24) is 44.8 Å². The molecule has 0 radical (unpaired) electrons. The Morgan fingerprint density at radius 2 is 1.90 bits per heavy atom. The van der Waals surface area contributed by atoms with Crippen LogP contribution in [0.2, 0.25) is 0 Å². The van der Waals surface area contributed by atoms with E-state index < -0.39 is 15.0 Å². The van der Waals surface area contributed by atoms with Gasteiger partial charge < -0.3 is 10.3 Å². The standard InChI is InChI=1S/C17H14FN9OSi/c18-12-2-4-13(5-3-12)26-9-11(8-22-26)14(28)24-17(25-29-17)15-21-10-23-27(15)16-19-6-1-7-20-16/h1-10,25H,29H2,(H,24,28). The molecule has 0 bridgehead atoms. The number of amides is 1. The average Bonchev–Trinajstić information content (AvgIpc) is 3.16. The summed E-state index contributed by atoms with van der Waals surface area (Å²) in [6.07, 6.45) is 7.68. The van der Waals surface area contributed by atoms with Crippen LogP contribution in [0.25, 0.3) is 11.6 Å². The van der Waals surface area contributed by atoms with Gasteiger partial charge in [-0.25, -0.2) is 24.0 Å². The van der Waals surface area contributed by atoms with Crippen molar-refractivity contribution < 1.29 is 9.18 Å². The highest BCUT2D eigenvalue weighted by atomic mass is 28.2. The quantitative estimate of drug-likeness (QED) is 0.341. The van der Waals surface area contributed by atoms with Crippen LogP contribution in [0.15, 0.2) is 61.4 Å². The van der Waals surface area contributed by atoms with Gasteiger partial charge >= 0.3 is 0 Å². The molecule has 3 aromatic heterocycles. The normalized spacial score (nSPS) is 18.7. The Hall–Kier alpha value is -3.77. The highest BCUT2D eigenvalue weighted by Gasteiger charge is 2.50. The highest BCUT2D eigenvalue weighted by Crippen LogP contribution is 2.25. The monoisotopic (exact) mass is 407 g/mol. The molecule has 0 saturated carbocycles. The van der Waals surface area contributed by atoms with Crippen LogP contribution in [0.5, 0.6) is 0 Å². The van der Waals surface area contributed by atoms with Gasteiger partial charge in [-0.2, -0.15) is 14.9 Å². The summed E-state index contributed by atoms with van der Waals surface area (Å²) in [6.45, 7) is 0. The number of hydrogen-bond acceptors (Lipinski definition) is 7. The minimum absolute atomic E-state index is 0.306. The van der Waals surface area contributed by atoms with E-state index in [-0.39, 0.29) is 11.7 Å². The summed E-state index contributed by atoms with van der Waals surface area (Å²) in [5.41, 5.74) is 1.03. The number of halogens is 1. The van der Waals surface area contributed by atoms with Crippen LogP contribution >= 0.6 is 0 Å². The number of rotatable bonds is 5. The SMILES string of the molecule is O=C(NC1(c2ncnn2-c2ncccn2)N[SiH2]1)c1cnn(-c2ccc(F)cc2)c1. The largest absolute Gasteiger partial charge is 0.330 e. The fourth-order valence-corrected chi connectivity index (χ4v) is 3.98.